The molecule has 1 saturated carbocycles. The summed E-state index contributed by atoms with van der Waals surface area (Å²) in [6.07, 6.45) is 4.70. The van der Waals surface area contributed by atoms with E-state index in [9.17, 15) is 18.8 Å². The summed E-state index contributed by atoms with van der Waals surface area (Å²) >= 11 is 5.95. The highest BCUT2D eigenvalue weighted by Crippen LogP contribution is 2.37. The third-order valence-corrected chi connectivity index (χ3v) is 7.17. The van der Waals surface area contributed by atoms with Crippen LogP contribution in [-0.2, 0) is 0 Å². The molecule has 2 aliphatic rings. The summed E-state index contributed by atoms with van der Waals surface area (Å²) in [6.45, 7) is 1.51. The third-order valence-electron chi connectivity index (χ3n) is 6.89. The summed E-state index contributed by atoms with van der Waals surface area (Å²) in [7, 11) is 0. The Balaban J connectivity index is 1.25. The molecule has 2 heterocycles. The third kappa shape index (κ3) is 4.90. The molecule has 1 aromatic heterocycles. The smallest absolute Gasteiger partial charge is 0.256 e. The van der Waals surface area contributed by atoms with Crippen LogP contribution < -0.4 is 10.7 Å². The number of ketones is 1. The van der Waals surface area contributed by atoms with Crippen LogP contribution >= 0.6 is 11.6 Å². The number of Topliss-reactive ketones (excluding diaryl/α,β-unsaturated/α-hetero) is 1. The van der Waals surface area contributed by atoms with Crippen molar-refractivity contribution in [3.8, 4) is 6.07 Å². The molecule has 5 rings (SSSR count). The predicted octanol–water partition coefficient (Wildman–Crippen LogP) is 4.08. The largest absolute Gasteiger partial charge is 0.349 e. The van der Waals surface area contributed by atoms with E-state index in [1.165, 1.54) is 6.07 Å². The first-order chi connectivity index (χ1) is 17.3. The van der Waals surface area contributed by atoms with E-state index in [4.69, 9.17) is 16.9 Å². The molecular formula is C27H24ClFN4O3. The summed E-state index contributed by atoms with van der Waals surface area (Å²) in [5.74, 6) is -1.19. The Labute approximate surface area is 212 Å². The van der Waals surface area contributed by atoms with Gasteiger partial charge in [0.1, 0.15) is 11.4 Å². The quantitative estimate of drug-likeness (QED) is 0.508. The van der Waals surface area contributed by atoms with Gasteiger partial charge in [-0.25, -0.2) is 4.39 Å². The van der Waals surface area contributed by atoms with E-state index >= 15 is 0 Å². The monoisotopic (exact) mass is 506 g/mol. The number of amides is 1. The minimum atomic E-state index is -0.691. The zero-order valence-corrected chi connectivity index (χ0v) is 20.2. The average Bonchev–Trinajstić information content (AvgIpc) is 3.72. The minimum absolute atomic E-state index is 0.00505. The van der Waals surface area contributed by atoms with E-state index in [2.05, 4.69) is 5.32 Å². The lowest BCUT2D eigenvalue weighted by molar-refractivity contribution is 0.0858. The van der Waals surface area contributed by atoms with Gasteiger partial charge in [0, 0.05) is 42.3 Å². The first kappa shape index (κ1) is 24.2. The highest BCUT2D eigenvalue weighted by Gasteiger charge is 2.29. The molecule has 1 aliphatic heterocycles. The first-order valence-electron chi connectivity index (χ1n) is 11.9. The molecule has 9 heteroatoms. The Morgan fingerprint density at radius 2 is 1.81 bits per heavy atom. The van der Waals surface area contributed by atoms with Gasteiger partial charge in [-0.15, -0.1) is 0 Å². The number of benzene rings is 2. The fraction of sp³-hybridized carbons (Fsp3) is 0.333. The number of hydrogen-bond acceptors (Lipinski definition) is 5. The fourth-order valence-corrected chi connectivity index (χ4v) is 4.84. The molecule has 3 aromatic rings. The van der Waals surface area contributed by atoms with Gasteiger partial charge in [0.2, 0.25) is 5.43 Å². The topological polar surface area (TPSA) is 95.2 Å². The lowest BCUT2D eigenvalue weighted by Gasteiger charge is -2.31. The summed E-state index contributed by atoms with van der Waals surface area (Å²) in [6, 6.07) is 11.2. The van der Waals surface area contributed by atoms with Crippen LogP contribution in [-0.4, -0.2) is 46.8 Å². The SMILES string of the molecule is N#Cc1ccc(C(=O)CN2CCC(NC(=O)c3cn(C4CC4)c4cc(Cl)c(F)cc4c3=O)CC2)cc1. The summed E-state index contributed by atoms with van der Waals surface area (Å²) < 4.78 is 16.0. The van der Waals surface area contributed by atoms with Crippen molar-refractivity contribution in [2.24, 2.45) is 0 Å². The maximum atomic E-state index is 14.1. The number of likely N-dealkylation sites (tertiary alicyclic amines) is 1. The van der Waals surface area contributed by atoms with Crippen LogP contribution in [0.3, 0.4) is 0 Å². The number of halogens is 2. The van der Waals surface area contributed by atoms with E-state index in [1.807, 2.05) is 15.5 Å². The van der Waals surface area contributed by atoms with Crippen molar-refractivity contribution in [3.63, 3.8) is 0 Å². The van der Waals surface area contributed by atoms with Crippen LogP contribution in [0.4, 0.5) is 4.39 Å². The van der Waals surface area contributed by atoms with Gasteiger partial charge in [-0.05, 0) is 49.9 Å². The van der Waals surface area contributed by atoms with Gasteiger partial charge in [-0.2, -0.15) is 5.26 Å². The molecule has 1 N–H and O–H groups in total. The Morgan fingerprint density at radius 3 is 2.44 bits per heavy atom. The molecule has 0 spiro atoms. The molecule has 184 valence electrons. The maximum absolute atomic E-state index is 14.1. The van der Waals surface area contributed by atoms with Gasteiger partial charge < -0.3 is 9.88 Å². The summed E-state index contributed by atoms with van der Waals surface area (Å²) in [5.41, 5.74) is 1.08. The molecule has 1 amide bonds. The van der Waals surface area contributed by atoms with Gasteiger partial charge in [-0.3, -0.25) is 19.3 Å². The Kier molecular flexibility index (Phi) is 6.61. The van der Waals surface area contributed by atoms with E-state index < -0.39 is 17.2 Å². The van der Waals surface area contributed by atoms with Gasteiger partial charge in [-0.1, -0.05) is 23.7 Å². The Hall–Kier alpha value is -3.54. The van der Waals surface area contributed by atoms with Gasteiger partial charge in [0.15, 0.2) is 5.78 Å². The van der Waals surface area contributed by atoms with Crippen molar-refractivity contribution in [2.75, 3.05) is 19.6 Å². The van der Waals surface area contributed by atoms with E-state index in [-0.39, 0.29) is 40.4 Å². The average molecular weight is 507 g/mol. The van der Waals surface area contributed by atoms with Crippen LogP contribution in [0.5, 0.6) is 0 Å². The fourth-order valence-electron chi connectivity index (χ4n) is 4.68. The van der Waals surface area contributed by atoms with E-state index in [0.717, 1.165) is 18.9 Å². The number of rotatable bonds is 6. The van der Waals surface area contributed by atoms with Crippen molar-refractivity contribution < 1.29 is 14.0 Å². The van der Waals surface area contributed by atoms with Crippen LogP contribution in [0, 0.1) is 17.1 Å². The lowest BCUT2D eigenvalue weighted by Crippen LogP contribution is -2.46. The molecule has 0 bridgehead atoms. The molecule has 7 nitrogen and oxygen atoms in total. The second-order valence-electron chi connectivity index (χ2n) is 9.43. The number of carbonyl (C=O) groups is 2. The lowest BCUT2D eigenvalue weighted by atomic mass is 10.0. The van der Waals surface area contributed by atoms with Crippen LogP contribution in [0.25, 0.3) is 10.9 Å². The zero-order valence-electron chi connectivity index (χ0n) is 19.5. The summed E-state index contributed by atoms with van der Waals surface area (Å²) in [4.78, 5) is 40.8. The first-order valence-corrected chi connectivity index (χ1v) is 12.3. The van der Waals surface area contributed by atoms with Gasteiger partial charge in [0.25, 0.3) is 5.91 Å². The van der Waals surface area contributed by atoms with Crippen molar-refractivity contribution in [1.82, 2.24) is 14.8 Å². The van der Waals surface area contributed by atoms with Gasteiger partial charge in [0.05, 0.1) is 28.7 Å². The molecule has 36 heavy (non-hydrogen) atoms. The maximum Gasteiger partial charge on any atom is 0.256 e. The molecule has 1 aliphatic carbocycles. The highest BCUT2D eigenvalue weighted by atomic mass is 35.5. The van der Waals surface area contributed by atoms with Crippen molar-refractivity contribution in [3.05, 3.63) is 80.3 Å². The number of fused-ring (bicyclic) bond motifs is 1. The second kappa shape index (κ2) is 9.84. The predicted molar refractivity (Wildman–Crippen MR) is 134 cm³/mol. The number of carbonyl (C=O) groups excluding carboxylic acids is 2. The number of nitriles is 1. The number of aromatic nitrogens is 1. The molecule has 2 fully saturated rings. The molecule has 0 atom stereocenters. The summed E-state index contributed by atoms with van der Waals surface area (Å²) in [5, 5.41) is 11.9. The molecular weight excluding hydrogens is 483 g/mol. The standard InChI is InChI=1S/C27H24ClFN4O3/c28-22-12-24-20(11-23(22)29)26(35)21(14-33(24)19-5-6-19)27(36)31-18-7-9-32(10-8-18)15-25(34)17-3-1-16(13-30)2-4-17/h1-4,11-12,14,18-19H,5-10,15H2,(H,31,36). The Bertz CT molecular complexity index is 1450. The van der Waals surface area contributed by atoms with Crippen molar-refractivity contribution in [2.45, 2.75) is 37.8 Å². The Morgan fingerprint density at radius 1 is 1.11 bits per heavy atom. The molecule has 2 aromatic carbocycles. The minimum Gasteiger partial charge on any atom is -0.349 e. The van der Waals surface area contributed by atoms with E-state index in [1.54, 1.807) is 30.5 Å². The molecule has 1 saturated heterocycles. The van der Waals surface area contributed by atoms with E-state index in [0.29, 0.717) is 42.6 Å². The van der Waals surface area contributed by atoms with Crippen molar-refractivity contribution >= 4 is 34.2 Å². The molecule has 0 radical (unpaired) electrons. The van der Waals surface area contributed by atoms with Gasteiger partial charge >= 0.3 is 0 Å². The van der Waals surface area contributed by atoms with Crippen LogP contribution in [0.2, 0.25) is 5.02 Å². The second-order valence-corrected chi connectivity index (χ2v) is 9.84. The molecule has 0 unspecified atom stereocenters. The van der Waals surface area contributed by atoms with Crippen molar-refractivity contribution in [1.29, 1.82) is 5.26 Å². The normalized spacial score (nSPS) is 16.6. The zero-order chi connectivity index (χ0) is 25.4. The number of piperidine rings is 1. The number of pyridine rings is 1. The van der Waals surface area contributed by atoms with Crippen LogP contribution in [0.15, 0.2) is 47.4 Å². The number of nitrogens with zero attached hydrogens (tertiary/aromatic N) is 3. The highest BCUT2D eigenvalue weighted by molar-refractivity contribution is 6.31. The number of hydrogen-bond donors (Lipinski definition) is 1. The number of nitrogens with one attached hydrogen (secondary N) is 1. The van der Waals surface area contributed by atoms with Crippen LogP contribution in [0.1, 0.15) is 58.0 Å².